The van der Waals surface area contributed by atoms with Crippen molar-refractivity contribution in [1.82, 2.24) is 10.6 Å². The van der Waals surface area contributed by atoms with Gasteiger partial charge < -0.3 is 15.4 Å². The van der Waals surface area contributed by atoms with E-state index in [2.05, 4.69) is 36.5 Å². The highest BCUT2D eigenvalue weighted by Crippen LogP contribution is 2.27. The molecular weight excluding hydrogens is 264 g/mol. The summed E-state index contributed by atoms with van der Waals surface area (Å²) in [5.41, 5.74) is 2.21. The van der Waals surface area contributed by atoms with E-state index in [0.29, 0.717) is 0 Å². The molecule has 21 heavy (non-hydrogen) atoms. The number of carbonyl (C=O) groups excluding carboxylic acids is 1. The van der Waals surface area contributed by atoms with Crippen molar-refractivity contribution in [3.63, 3.8) is 0 Å². The molecule has 4 nitrogen and oxygen atoms in total. The number of ether oxygens (including phenoxy) is 1. The third-order valence-corrected chi connectivity index (χ3v) is 3.18. The molecule has 1 aromatic rings. The lowest BCUT2D eigenvalue weighted by molar-refractivity contribution is -0.127. The molecule has 1 aromatic carbocycles. The SMILES string of the molecule is C#CCNC(=O)C(C)Oc1ccc(C)cc1C(C)NCC. The van der Waals surface area contributed by atoms with Crippen LogP contribution < -0.4 is 15.4 Å². The van der Waals surface area contributed by atoms with Crippen molar-refractivity contribution in [1.29, 1.82) is 0 Å². The maximum absolute atomic E-state index is 11.8. The number of hydrogen-bond donors (Lipinski definition) is 2. The van der Waals surface area contributed by atoms with Crippen LogP contribution in [0.4, 0.5) is 0 Å². The molecule has 1 rings (SSSR count). The Labute approximate surface area is 127 Å². The van der Waals surface area contributed by atoms with Crippen LogP contribution in [0.2, 0.25) is 0 Å². The van der Waals surface area contributed by atoms with Crippen molar-refractivity contribution in [2.24, 2.45) is 0 Å². The van der Waals surface area contributed by atoms with Gasteiger partial charge in [0.05, 0.1) is 6.54 Å². The Hall–Kier alpha value is -1.99. The maximum Gasteiger partial charge on any atom is 0.261 e. The molecule has 0 aromatic heterocycles. The predicted octanol–water partition coefficient (Wildman–Crippen LogP) is 2.18. The van der Waals surface area contributed by atoms with Gasteiger partial charge >= 0.3 is 0 Å². The Morgan fingerprint density at radius 2 is 2.14 bits per heavy atom. The first-order chi connectivity index (χ1) is 9.99. The molecule has 2 N–H and O–H groups in total. The molecule has 4 heteroatoms. The molecule has 0 heterocycles. The Balaban J connectivity index is 2.87. The minimum atomic E-state index is -0.589. The van der Waals surface area contributed by atoms with Crippen molar-refractivity contribution in [3.8, 4) is 18.1 Å². The maximum atomic E-state index is 11.8. The summed E-state index contributed by atoms with van der Waals surface area (Å²) in [6.45, 7) is 8.97. The van der Waals surface area contributed by atoms with E-state index in [1.54, 1.807) is 6.92 Å². The lowest BCUT2D eigenvalue weighted by Crippen LogP contribution is -2.36. The number of terminal acetylenes is 1. The largest absolute Gasteiger partial charge is 0.481 e. The Kier molecular flexibility index (Phi) is 6.77. The van der Waals surface area contributed by atoms with E-state index < -0.39 is 6.10 Å². The van der Waals surface area contributed by atoms with Crippen molar-refractivity contribution >= 4 is 5.91 Å². The number of amides is 1. The summed E-state index contributed by atoms with van der Waals surface area (Å²) in [6.07, 6.45) is 4.54. The van der Waals surface area contributed by atoms with E-state index in [9.17, 15) is 4.79 Å². The van der Waals surface area contributed by atoms with E-state index in [1.165, 1.54) is 0 Å². The van der Waals surface area contributed by atoms with Gasteiger partial charge in [0.1, 0.15) is 5.75 Å². The van der Waals surface area contributed by atoms with Crippen LogP contribution in [0.5, 0.6) is 5.75 Å². The van der Waals surface area contributed by atoms with Crippen molar-refractivity contribution in [3.05, 3.63) is 29.3 Å². The molecule has 0 bridgehead atoms. The minimum absolute atomic E-state index is 0.158. The van der Waals surface area contributed by atoms with E-state index >= 15 is 0 Å². The highest BCUT2D eigenvalue weighted by Gasteiger charge is 2.18. The fourth-order valence-electron chi connectivity index (χ4n) is 2.06. The lowest BCUT2D eigenvalue weighted by Gasteiger charge is -2.21. The quantitative estimate of drug-likeness (QED) is 0.756. The smallest absolute Gasteiger partial charge is 0.261 e. The molecule has 2 atom stereocenters. The normalized spacial score (nSPS) is 13.1. The predicted molar refractivity (Wildman–Crippen MR) is 85.2 cm³/mol. The number of carbonyl (C=O) groups is 1. The summed E-state index contributed by atoms with van der Waals surface area (Å²) in [5, 5.41) is 5.98. The van der Waals surface area contributed by atoms with Crippen LogP contribution in [-0.2, 0) is 4.79 Å². The fraction of sp³-hybridized carbons (Fsp3) is 0.471. The molecule has 0 saturated carbocycles. The summed E-state index contributed by atoms with van der Waals surface area (Å²) in [4.78, 5) is 11.8. The third-order valence-electron chi connectivity index (χ3n) is 3.18. The first-order valence-corrected chi connectivity index (χ1v) is 7.21. The van der Waals surface area contributed by atoms with Crippen molar-refractivity contribution in [2.45, 2.75) is 39.8 Å². The average Bonchev–Trinajstić information content (AvgIpc) is 2.46. The Morgan fingerprint density at radius 1 is 1.43 bits per heavy atom. The number of benzene rings is 1. The van der Waals surface area contributed by atoms with Crippen LogP contribution in [-0.4, -0.2) is 25.1 Å². The molecule has 0 aliphatic heterocycles. The van der Waals surface area contributed by atoms with Crippen LogP contribution in [0.25, 0.3) is 0 Å². The van der Waals surface area contributed by atoms with Crippen LogP contribution in [0, 0.1) is 19.3 Å². The van der Waals surface area contributed by atoms with Crippen LogP contribution >= 0.6 is 0 Å². The summed E-state index contributed by atoms with van der Waals surface area (Å²) in [5.74, 6) is 2.88. The second-order valence-electron chi connectivity index (χ2n) is 5.00. The van der Waals surface area contributed by atoms with Gasteiger partial charge in [-0.05, 0) is 33.4 Å². The van der Waals surface area contributed by atoms with E-state index in [4.69, 9.17) is 11.2 Å². The highest BCUT2D eigenvalue weighted by atomic mass is 16.5. The zero-order valence-corrected chi connectivity index (χ0v) is 13.2. The molecule has 0 spiro atoms. The van der Waals surface area contributed by atoms with Gasteiger partial charge in [0, 0.05) is 11.6 Å². The van der Waals surface area contributed by atoms with Crippen LogP contribution in [0.1, 0.15) is 37.9 Å². The first-order valence-electron chi connectivity index (χ1n) is 7.21. The summed E-state index contributed by atoms with van der Waals surface area (Å²) >= 11 is 0. The Morgan fingerprint density at radius 3 is 2.76 bits per heavy atom. The summed E-state index contributed by atoms with van der Waals surface area (Å²) in [7, 11) is 0. The number of aryl methyl sites for hydroxylation is 1. The topological polar surface area (TPSA) is 50.4 Å². The van der Waals surface area contributed by atoms with Gasteiger partial charge in [-0.3, -0.25) is 4.79 Å². The minimum Gasteiger partial charge on any atom is -0.481 e. The van der Waals surface area contributed by atoms with Gasteiger partial charge in [0.2, 0.25) is 0 Å². The summed E-state index contributed by atoms with van der Waals surface area (Å²) in [6, 6.07) is 6.12. The standard InChI is InChI=1S/C17H24N2O2/c1-6-10-19-17(20)14(5)21-16-9-8-12(3)11-15(16)13(4)18-7-2/h1,8-9,11,13-14,18H,7,10H2,2-5H3,(H,19,20). The second-order valence-corrected chi connectivity index (χ2v) is 5.00. The van der Waals surface area contributed by atoms with Gasteiger partial charge in [0.15, 0.2) is 6.10 Å². The second kappa shape index (κ2) is 8.33. The van der Waals surface area contributed by atoms with E-state index in [-0.39, 0.29) is 18.5 Å². The zero-order valence-electron chi connectivity index (χ0n) is 13.2. The summed E-state index contributed by atoms with van der Waals surface area (Å²) < 4.78 is 5.81. The number of rotatable bonds is 7. The van der Waals surface area contributed by atoms with Crippen molar-refractivity contribution < 1.29 is 9.53 Å². The Bertz CT molecular complexity index is 520. The fourth-order valence-corrected chi connectivity index (χ4v) is 2.06. The molecular formula is C17H24N2O2. The van der Waals surface area contributed by atoms with Gasteiger partial charge in [-0.15, -0.1) is 6.42 Å². The van der Waals surface area contributed by atoms with Gasteiger partial charge in [-0.2, -0.15) is 0 Å². The van der Waals surface area contributed by atoms with Gasteiger partial charge in [-0.25, -0.2) is 0 Å². The van der Waals surface area contributed by atoms with Crippen molar-refractivity contribution in [2.75, 3.05) is 13.1 Å². The first kappa shape index (κ1) is 17.1. The zero-order chi connectivity index (χ0) is 15.8. The van der Waals surface area contributed by atoms with E-state index in [0.717, 1.165) is 23.4 Å². The molecule has 114 valence electrons. The molecule has 0 saturated heterocycles. The van der Waals surface area contributed by atoms with Crippen LogP contribution in [0.3, 0.4) is 0 Å². The molecule has 1 amide bonds. The molecule has 2 unspecified atom stereocenters. The molecule has 0 aliphatic carbocycles. The van der Waals surface area contributed by atoms with Gasteiger partial charge in [0.25, 0.3) is 5.91 Å². The third kappa shape index (κ3) is 5.13. The lowest BCUT2D eigenvalue weighted by atomic mass is 10.0. The monoisotopic (exact) mass is 288 g/mol. The van der Waals surface area contributed by atoms with Gasteiger partial charge in [-0.1, -0.05) is 30.5 Å². The average molecular weight is 288 g/mol. The number of hydrogen-bond acceptors (Lipinski definition) is 3. The van der Waals surface area contributed by atoms with E-state index in [1.807, 2.05) is 19.1 Å². The highest BCUT2D eigenvalue weighted by molar-refractivity contribution is 5.80. The molecule has 0 aliphatic rings. The molecule has 0 radical (unpaired) electrons. The number of nitrogens with one attached hydrogen (secondary N) is 2. The van der Waals surface area contributed by atoms with Crippen LogP contribution in [0.15, 0.2) is 18.2 Å². The molecule has 0 fully saturated rings.